The molecule has 0 bridgehead atoms. The summed E-state index contributed by atoms with van der Waals surface area (Å²) in [5.74, 6) is 4.14. The second-order valence-corrected chi connectivity index (χ2v) is 11.1. The average Bonchev–Trinajstić information content (AvgIpc) is 3.11. The molecule has 10 heteroatoms. The van der Waals surface area contributed by atoms with Gasteiger partial charge >= 0.3 is 0 Å². The van der Waals surface area contributed by atoms with Crippen molar-refractivity contribution in [3.63, 3.8) is 0 Å². The number of amides is 1. The molecule has 1 heterocycles. The topological polar surface area (TPSA) is 106 Å². The summed E-state index contributed by atoms with van der Waals surface area (Å²) >= 11 is 0. The second kappa shape index (κ2) is 15.9. The van der Waals surface area contributed by atoms with Gasteiger partial charge in [0.2, 0.25) is 5.75 Å². The molecule has 0 aliphatic carbocycles. The minimum Gasteiger partial charge on any atom is -0.493 e. The Kier molecular flexibility index (Phi) is 11.2. The highest BCUT2D eigenvalue weighted by atomic mass is 16.5. The van der Waals surface area contributed by atoms with Crippen molar-refractivity contribution in [3.8, 4) is 40.2 Å². The Bertz CT molecular complexity index is 1750. The predicted molar refractivity (Wildman–Crippen MR) is 186 cm³/mol. The minimum atomic E-state index is -0.381. The molecule has 1 aliphatic rings. The first-order valence-electron chi connectivity index (χ1n) is 15.6. The summed E-state index contributed by atoms with van der Waals surface area (Å²) in [5.41, 5.74) is 5.17. The number of anilines is 1. The summed E-state index contributed by atoms with van der Waals surface area (Å²) in [7, 11) is 7.99. The van der Waals surface area contributed by atoms with Gasteiger partial charge in [-0.25, -0.2) is 0 Å². The van der Waals surface area contributed by atoms with Crippen LogP contribution in [0.4, 0.5) is 5.69 Å². The van der Waals surface area contributed by atoms with E-state index in [-0.39, 0.29) is 12.1 Å². The standard InChI is InChI=1S/C38H42N2O8/c1-24-9-14-29-28(19-24)38(41)40-37(39-29)27-13-16-31(32(23-27)43-3)47-17-7-8-18-48-33-20-25(12-15-30(33)42-2)10-11-26-21-34(44-4)36(46-6)35(22-26)45-5/h9-16,19-23,37,39H,7-8,17-18H2,1-6H3,(H,40,41). The molecule has 4 aromatic rings. The van der Waals surface area contributed by atoms with E-state index < -0.39 is 0 Å². The van der Waals surface area contributed by atoms with E-state index in [9.17, 15) is 4.79 Å². The third-order valence-electron chi connectivity index (χ3n) is 7.91. The number of carbonyl (C=O) groups is 1. The highest BCUT2D eigenvalue weighted by Crippen LogP contribution is 2.39. The van der Waals surface area contributed by atoms with Crippen molar-refractivity contribution < 1.29 is 38.0 Å². The number of carbonyl (C=O) groups excluding carboxylic acids is 1. The van der Waals surface area contributed by atoms with E-state index in [1.807, 2.05) is 85.8 Å². The van der Waals surface area contributed by atoms with Crippen molar-refractivity contribution in [3.05, 3.63) is 94.5 Å². The Morgan fingerprint density at radius 2 is 1.23 bits per heavy atom. The first kappa shape index (κ1) is 33.8. The fraction of sp³-hybridized carbons (Fsp3) is 0.289. The normalized spacial score (nSPS) is 13.6. The summed E-state index contributed by atoms with van der Waals surface area (Å²) in [6, 6.07) is 21.0. The number of rotatable bonds is 15. The van der Waals surface area contributed by atoms with Gasteiger partial charge in [0.05, 0.1) is 54.3 Å². The molecule has 0 fully saturated rings. The first-order chi connectivity index (χ1) is 23.4. The lowest BCUT2D eigenvalue weighted by Gasteiger charge is -2.28. The summed E-state index contributed by atoms with van der Waals surface area (Å²) in [5, 5.41) is 6.41. The van der Waals surface area contributed by atoms with E-state index in [1.54, 1.807) is 35.5 Å². The molecule has 0 spiro atoms. The van der Waals surface area contributed by atoms with Gasteiger partial charge in [-0.05, 0) is 85.0 Å². The molecule has 0 saturated carbocycles. The molecule has 1 unspecified atom stereocenters. The lowest BCUT2D eigenvalue weighted by atomic mass is 10.0. The number of methoxy groups -OCH3 is 5. The molecule has 10 nitrogen and oxygen atoms in total. The largest absolute Gasteiger partial charge is 0.493 e. The molecular weight excluding hydrogens is 612 g/mol. The van der Waals surface area contributed by atoms with Crippen LogP contribution < -0.4 is 43.8 Å². The first-order valence-corrected chi connectivity index (χ1v) is 15.6. The highest BCUT2D eigenvalue weighted by molar-refractivity contribution is 6.01. The van der Waals surface area contributed by atoms with Gasteiger partial charge in [-0.2, -0.15) is 0 Å². The molecule has 0 saturated heterocycles. The minimum absolute atomic E-state index is 0.115. The van der Waals surface area contributed by atoms with Crippen LogP contribution in [0, 0.1) is 6.92 Å². The van der Waals surface area contributed by atoms with Crippen LogP contribution in [0.5, 0.6) is 40.2 Å². The third-order valence-corrected chi connectivity index (χ3v) is 7.91. The Hall–Kier alpha value is -5.51. The third kappa shape index (κ3) is 7.88. The maximum Gasteiger partial charge on any atom is 0.255 e. The number of unbranched alkanes of at least 4 members (excludes halogenated alkanes) is 1. The smallest absolute Gasteiger partial charge is 0.255 e. The molecule has 252 valence electrons. The monoisotopic (exact) mass is 654 g/mol. The zero-order valence-electron chi connectivity index (χ0n) is 28.2. The van der Waals surface area contributed by atoms with Crippen LogP contribution in [0.25, 0.3) is 12.2 Å². The van der Waals surface area contributed by atoms with Gasteiger partial charge in [0.15, 0.2) is 34.5 Å². The maximum atomic E-state index is 12.7. The van der Waals surface area contributed by atoms with Gasteiger partial charge < -0.3 is 43.8 Å². The molecule has 0 radical (unpaired) electrons. The van der Waals surface area contributed by atoms with E-state index in [4.69, 9.17) is 33.2 Å². The van der Waals surface area contributed by atoms with E-state index in [1.165, 1.54) is 0 Å². The number of nitrogens with one attached hydrogen (secondary N) is 2. The number of benzene rings is 4. The van der Waals surface area contributed by atoms with E-state index in [0.717, 1.165) is 40.8 Å². The molecule has 1 amide bonds. The van der Waals surface area contributed by atoms with Gasteiger partial charge in [0.1, 0.15) is 6.17 Å². The molecule has 1 atom stereocenters. The Balaban J connectivity index is 1.14. The lowest BCUT2D eigenvalue weighted by Crippen LogP contribution is -2.38. The quantitative estimate of drug-likeness (QED) is 0.101. The molecule has 0 aromatic heterocycles. The van der Waals surface area contributed by atoms with Crippen molar-refractivity contribution in [2.75, 3.05) is 54.1 Å². The molecule has 1 aliphatic heterocycles. The zero-order chi connectivity index (χ0) is 34.0. The van der Waals surface area contributed by atoms with Crippen LogP contribution in [0.1, 0.15) is 51.6 Å². The maximum absolute atomic E-state index is 12.7. The van der Waals surface area contributed by atoms with Crippen molar-refractivity contribution in [2.45, 2.75) is 25.9 Å². The van der Waals surface area contributed by atoms with Crippen LogP contribution >= 0.6 is 0 Å². The number of fused-ring (bicyclic) bond motifs is 1. The van der Waals surface area contributed by atoms with Crippen LogP contribution in [0.15, 0.2) is 66.7 Å². The summed E-state index contributed by atoms with van der Waals surface area (Å²) in [6.45, 7) is 2.94. The molecule has 2 N–H and O–H groups in total. The number of aryl methyl sites for hydroxylation is 1. The van der Waals surface area contributed by atoms with Gasteiger partial charge in [0, 0.05) is 5.69 Å². The van der Waals surface area contributed by atoms with Crippen molar-refractivity contribution in [1.82, 2.24) is 5.32 Å². The predicted octanol–water partition coefficient (Wildman–Crippen LogP) is 7.30. The van der Waals surface area contributed by atoms with Crippen LogP contribution in [0.3, 0.4) is 0 Å². The lowest BCUT2D eigenvalue weighted by molar-refractivity contribution is 0.0935. The number of hydrogen-bond acceptors (Lipinski definition) is 9. The zero-order valence-corrected chi connectivity index (χ0v) is 28.2. The number of ether oxygens (including phenoxy) is 7. The van der Waals surface area contributed by atoms with Crippen LogP contribution in [-0.2, 0) is 0 Å². The summed E-state index contributed by atoms with van der Waals surface area (Å²) < 4.78 is 39.7. The van der Waals surface area contributed by atoms with Gasteiger partial charge in [0.25, 0.3) is 5.91 Å². The van der Waals surface area contributed by atoms with E-state index in [2.05, 4.69) is 10.6 Å². The SMILES string of the molecule is COc1cc(C2NC(=O)c3cc(C)ccc3N2)ccc1OCCCCOc1cc(C=Cc2cc(OC)c(OC)c(OC)c2)ccc1OC. The van der Waals surface area contributed by atoms with Crippen molar-refractivity contribution >= 4 is 23.7 Å². The fourth-order valence-corrected chi connectivity index (χ4v) is 5.39. The van der Waals surface area contributed by atoms with Gasteiger partial charge in [-0.3, -0.25) is 4.79 Å². The van der Waals surface area contributed by atoms with E-state index >= 15 is 0 Å². The molecular formula is C38H42N2O8. The second-order valence-electron chi connectivity index (χ2n) is 11.1. The van der Waals surface area contributed by atoms with Crippen LogP contribution in [-0.4, -0.2) is 54.7 Å². The fourth-order valence-electron chi connectivity index (χ4n) is 5.39. The van der Waals surface area contributed by atoms with E-state index in [0.29, 0.717) is 59.0 Å². The van der Waals surface area contributed by atoms with Gasteiger partial charge in [-0.1, -0.05) is 35.9 Å². The van der Waals surface area contributed by atoms with Crippen LogP contribution in [0.2, 0.25) is 0 Å². The Morgan fingerprint density at radius 3 is 1.90 bits per heavy atom. The summed E-state index contributed by atoms with van der Waals surface area (Å²) in [6.07, 6.45) is 5.11. The molecule has 5 rings (SSSR count). The highest BCUT2D eigenvalue weighted by Gasteiger charge is 2.25. The number of hydrogen-bond donors (Lipinski definition) is 2. The van der Waals surface area contributed by atoms with Gasteiger partial charge in [-0.15, -0.1) is 0 Å². The summed E-state index contributed by atoms with van der Waals surface area (Å²) in [4.78, 5) is 12.7. The molecule has 4 aromatic carbocycles. The van der Waals surface area contributed by atoms with Crippen molar-refractivity contribution in [1.29, 1.82) is 0 Å². The molecule has 48 heavy (non-hydrogen) atoms. The Morgan fingerprint density at radius 1 is 0.604 bits per heavy atom. The Labute approximate surface area is 281 Å². The average molecular weight is 655 g/mol. The van der Waals surface area contributed by atoms with Crippen molar-refractivity contribution in [2.24, 2.45) is 0 Å².